The summed E-state index contributed by atoms with van der Waals surface area (Å²) in [5.41, 5.74) is 1.69. The Bertz CT molecular complexity index is 796. The van der Waals surface area contributed by atoms with E-state index in [0.717, 1.165) is 22.9 Å². The molecule has 0 aromatic carbocycles. The molecule has 8 nitrogen and oxygen atoms in total. The fraction of sp³-hybridized carbons (Fsp3) is 0.400. The van der Waals surface area contributed by atoms with E-state index in [2.05, 4.69) is 56.6 Å². The zero-order valence-corrected chi connectivity index (χ0v) is 13.7. The van der Waals surface area contributed by atoms with E-state index in [1.807, 2.05) is 29.9 Å². The predicted octanol–water partition coefficient (Wildman–Crippen LogP) is 2.13. The lowest BCUT2D eigenvalue weighted by Gasteiger charge is -2.17. The Kier molecular flexibility index (Phi) is 3.81. The minimum atomic E-state index is -0.0765. The van der Waals surface area contributed by atoms with Crippen molar-refractivity contribution in [1.29, 1.82) is 0 Å². The van der Waals surface area contributed by atoms with Crippen molar-refractivity contribution in [3.05, 3.63) is 36.0 Å². The van der Waals surface area contributed by atoms with Crippen LogP contribution < -0.4 is 5.32 Å². The normalized spacial score (nSPS) is 11.7. The van der Waals surface area contributed by atoms with Crippen molar-refractivity contribution in [2.75, 3.05) is 5.32 Å². The summed E-state index contributed by atoms with van der Waals surface area (Å²) in [6.07, 6.45) is 3.67. The maximum Gasteiger partial charge on any atom is 0.181 e. The van der Waals surface area contributed by atoms with Crippen LogP contribution in [0.2, 0.25) is 0 Å². The maximum atomic E-state index is 4.32. The van der Waals surface area contributed by atoms with E-state index in [1.54, 1.807) is 6.20 Å². The Labute approximate surface area is 134 Å². The van der Waals surface area contributed by atoms with Crippen LogP contribution in [0.25, 0.3) is 11.4 Å². The molecule has 0 radical (unpaired) electrons. The number of aryl methyl sites for hydroxylation is 1. The Hall–Kier alpha value is -2.77. The van der Waals surface area contributed by atoms with E-state index in [-0.39, 0.29) is 5.54 Å². The first-order valence-electron chi connectivity index (χ1n) is 7.43. The van der Waals surface area contributed by atoms with Crippen LogP contribution in [0.3, 0.4) is 0 Å². The zero-order chi connectivity index (χ0) is 16.4. The standard InChI is InChI=1S/C15H20N8/c1-10-18-14(21-19-10)11-5-6-16-13(7-11)17-8-12-9-23(22-20-12)15(2,3)4/h5-7,9H,8H2,1-4H3,(H,16,17)(H,18,19,21). The van der Waals surface area contributed by atoms with Gasteiger partial charge in [-0.3, -0.25) is 5.10 Å². The van der Waals surface area contributed by atoms with Crippen LogP contribution in [-0.2, 0) is 12.1 Å². The van der Waals surface area contributed by atoms with E-state index in [1.165, 1.54) is 0 Å². The van der Waals surface area contributed by atoms with Gasteiger partial charge in [-0.2, -0.15) is 5.10 Å². The summed E-state index contributed by atoms with van der Waals surface area (Å²) in [5, 5.41) is 18.6. The van der Waals surface area contributed by atoms with Gasteiger partial charge >= 0.3 is 0 Å². The molecule has 3 heterocycles. The Morgan fingerprint density at radius 2 is 2.13 bits per heavy atom. The number of pyridine rings is 1. The van der Waals surface area contributed by atoms with Gasteiger partial charge in [-0.05, 0) is 39.8 Å². The molecule has 8 heteroatoms. The van der Waals surface area contributed by atoms with Crippen molar-refractivity contribution >= 4 is 5.82 Å². The van der Waals surface area contributed by atoms with Crippen LogP contribution in [0.5, 0.6) is 0 Å². The fourth-order valence-electron chi connectivity index (χ4n) is 2.03. The van der Waals surface area contributed by atoms with Crippen LogP contribution >= 0.6 is 0 Å². The lowest BCUT2D eigenvalue weighted by Crippen LogP contribution is -2.22. The molecular formula is C15H20N8. The first-order chi connectivity index (χ1) is 10.9. The molecule has 0 aliphatic rings. The van der Waals surface area contributed by atoms with Crippen molar-refractivity contribution in [2.45, 2.75) is 39.8 Å². The van der Waals surface area contributed by atoms with Crippen molar-refractivity contribution in [3.63, 3.8) is 0 Å². The van der Waals surface area contributed by atoms with Gasteiger partial charge in [-0.25, -0.2) is 14.6 Å². The minimum absolute atomic E-state index is 0.0765. The van der Waals surface area contributed by atoms with Crippen LogP contribution in [0.15, 0.2) is 24.5 Å². The van der Waals surface area contributed by atoms with Crippen molar-refractivity contribution < 1.29 is 0 Å². The maximum absolute atomic E-state index is 4.32. The van der Waals surface area contributed by atoms with Gasteiger partial charge in [0.1, 0.15) is 17.3 Å². The highest BCUT2D eigenvalue weighted by molar-refractivity contribution is 5.59. The Balaban J connectivity index is 1.70. The first kappa shape index (κ1) is 15.1. The lowest BCUT2D eigenvalue weighted by atomic mass is 10.1. The number of aromatic amines is 1. The monoisotopic (exact) mass is 312 g/mol. The number of nitrogens with one attached hydrogen (secondary N) is 2. The molecule has 0 unspecified atom stereocenters. The smallest absolute Gasteiger partial charge is 0.181 e. The first-order valence-corrected chi connectivity index (χ1v) is 7.43. The average molecular weight is 312 g/mol. The minimum Gasteiger partial charge on any atom is -0.364 e. The largest absolute Gasteiger partial charge is 0.364 e. The highest BCUT2D eigenvalue weighted by Crippen LogP contribution is 2.18. The van der Waals surface area contributed by atoms with Gasteiger partial charge in [0.05, 0.1) is 18.3 Å². The summed E-state index contributed by atoms with van der Waals surface area (Å²) in [4.78, 5) is 8.63. The number of rotatable bonds is 4. The van der Waals surface area contributed by atoms with E-state index in [4.69, 9.17) is 0 Å². The summed E-state index contributed by atoms with van der Waals surface area (Å²) in [6.45, 7) is 8.68. The molecule has 0 atom stereocenters. The number of anilines is 1. The van der Waals surface area contributed by atoms with Gasteiger partial charge in [0.25, 0.3) is 0 Å². The number of H-pyrrole nitrogens is 1. The number of hydrogen-bond donors (Lipinski definition) is 2. The Morgan fingerprint density at radius 3 is 2.78 bits per heavy atom. The molecule has 0 aliphatic carbocycles. The summed E-state index contributed by atoms with van der Waals surface area (Å²) >= 11 is 0. The molecule has 0 spiro atoms. The summed E-state index contributed by atoms with van der Waals surface area (Å²) in [5.74, 6) is 2.19. The van der Waals surface area contributed by atoms with Gasteiger partial charge in [-0.1, -0.05) is 5.21 Å². The summed E-state index contributed by atoms with van der Waals surface area (Å²) < 4.78 is 1.85. The molecule has 3 rings (SSSR count). The van der Waals surface area contributed by atoms with Crippen molar-refractivity contribution in [1.82, 2.24) is 35.2 Å². The third-order valence-corrected chi connectivity index (χ3v) is 3.29. The molecule has 0 saturated carbocycles. The predicted molar refractivity (Wildman–Crippen MR) is 86.7 cm³/mol. The van der Waals surface area contributed by atoms with Crippen molar-refractivity contribution in [2.24, 2.45) is 0 Å². The third kappa shape index (κ3) is 3.53. The highest BCUT2D eigenvalue weighted by Gasteiger charge is 2.15. The highest BCUT2D eigenvalue weighted by atomic mass is 15.4. The molecule has 0 amide bonds. The van der Waals surface area contributed by atoms with Crippen LogP contribution in [0.4, 0.5) is 5.82 Å². The van der Waals surface area contributed by atoms with Crippen LogP contribution in [0, 0.1) is 6.92 Å². The average Bonchev–Trinajstić information content (AvgIpc) is 3.14. The SMILES string of the molecule is Cc1nc(-c2ccnc(NCc3cn(C(C)(C)C)nn3)c2)n[nH]1. The third-order valence-electron chi connectivity index (χ3n) is 3.29. The molecule has 0 saturated heterocycles. The van der Waals surface area contributed by atoms with Gasteiger partial charge in [0, 0.05) is 11.8 Å². The van der Waals surface area contributed by atoms with Gasteiger partial charge in [-0.15, -0.1) is 5.10 Å². The molecular weight excluding hydrogens is 292 g/mol. The molecule has 0 fully saturated rings. The zero-order valence-electron chi connectivity index (χ0n) is 13.7. The van der Waals surface area contributed by atoms with E-state index >= 15 is 0 Å². The molecule has 0 bridgehead atoms. The fourth-order valence-corrected chi connectivity index (χ4v) is 2.03. The number of hydrogen-bond acceptors (Lipinski definition) is 6. The molecule has 120 valence electrons. The number of nitrogens with zero attached hydrogens (tertiary/aromatic N) is 6. The summed E-state index contributed by atoms with van der Waals surface area (Å²) in [7, 11) is 0. The van der Waals surface area contributed by atoms with Crippen LogP contribution in [0.1, 0.15) is 32.3 Å². The van der Waals surface area contributed by atoms with E-state index in [0.29, 0.717) is 12.4 Å². The van der Waals surface area contributed by atoms with Gasteiger partial charge in [0.15, 0.2) is 5.82 Å². The van der Waals surface area contributed by atoms with Gasteiger partial charge in [0.2, 0.25) is 0 Å². The second kappa shape index (κ2) is 5.79. The second-order valence-electron chi connectivity index (χ2n) is 6.35. The second-order valence-corrected chi connectivity index (χ2v) is 6.35. The molecule has 3 aromatic rings. The van der Waals surface area contributed by atoms with E-state index in [9.17, 15) is 0 Å². The Morgan fingerprint density at radius 1 is 1.30 bits per heavy atom. The van der Waals surface area contributed by atoms with Gasteiger partial charge < -0.3 is 5.32 Å². The van der Waals surface area contributed by atoms with Crippen LogP contribution in [-0.4, -0.2) is 35.2 Å². The molecule has 2 N–H and O–H groups in total. The molecule has 3 aromatic heterocycles. The molecule has 23 heavy (non-hydrogen) atoms. The lowest BCUT2D eigenvalue weighted by molar-refractivity contribution is 0.347. The summed E-state index contributed by atoms with van der Waals surface area (Å²) in [6, 6.07) is 3.79. The quantitative estimate of drug-likeness (QED) is 0.766. The molecule has 0 aliphatic heterocycles. The van der Waals surface area contributed by atoms with Crippen molar-refractivity contribution in [3.8, 4) is 11.4 Å². The number of aromatic nitrogens is 7. The topological polar surface area (TPSA) is 97.2 Å². The van der Waals surface area contributed by atoms with E-state index < -0.39 is 0 Å².